The molecule has 2 N–H and O–H groups in total. The lowest BCUT2D eigenvalue weighted by Crippen LogP contribution is -2.39. The fraction of sp³-hybridized carbons (Fsp3) is 0.538. The zero-order valence-electron chi connectivity index (χ0n) is 11.6. The fourth-order valence-corrected chi connectivity index (χ4v) is 1.36. The Morgan fingerprint density at radius 3 is 2.95 bits per heavy atom. The number of hydrogen-bond donors (Lipinski definition) is 2. The molecule has 1 aromatic heterocycles. The van der Waals surface area contributed by atoms with Crippen LogP contribution in [0.3, 0.4) is 0 Å². The van der Waals surface area contributed by atoms with E-state index in [1.54, 1.807) is 19.5 Å². The first-order chi connectivity index (χ1) is 9.36. The SMILES string of the molecule is CCNC(=NCCOC)NCCOc1cccnc1. The van der Waals surface area contributed by atoms with Gasteiger partial charge in [-0.05, 0) is 19.1 Å². The fourth-order valence-electron chi connectivity index (χ4n) is 1.36. The van der Waals surface area contributed by atoms with Crippen LogP contribution in [0.15, 0.2) is 29.5 Å². The third kappa shape index (κ3) is 7.25. The van der Waals surface area contributed by atoms with Crippen LogP contribution in [-0.4, -0.2) is 50.9 Å². The van der Waals surface area contributed by atoms with Crippen LogP contribution < -0.4 is 15.4 Å². The Kier molecular flexibility index (Phi) is 8.13. The predicted molar refractivity (Wildman–Crippen MR) is 75.6 cm³/mol. The van der Waals surface area contributed by atoms with E-state index in [0.717, 1.165) is 18.3 Å². The van der Waals surface area contributed by atoms with E-state index in [-0.39, 0.29) is 0 Å². The molecular weight excluding hydrogens is 244 g/mol. The topological polar surface area (TPSA) is 67.8 Å². The highest BCUT2D eigenvalue weighted by Crippen LogP contribution is 2.04. The molecule has 0 aliphatic carbocycles. The largest absolute Gasteiger partial charge is 0.490 e. The van der Waals surface area contributed by atoms with E-state index in [1.165, 1.54) is 0 Å². The van der Waals surface area contributed by atoms with Gasteiger partial charge in [-0.1, -0.05) is 0 Å². The monoisotopic (exact) mass is 266 g/mol. The highest BCUT2D eigenvalue weighted by atomic mass is 16.5. The Morgan fingerprint density at radius 2 is 2.26 bits per heavy atom. The van der Waals surface area contributed by atoms with Gasteiger partial charge in [0, 0.05) is 19.9 Å². The van der Waals surface area contributed by atoms with Crippen molar-refractivity contribution in [2.24, 2.45) is 4.99 Å². The molecule has 0 amide bonds. The van der Waals surface area contributed by atoms with E-state index in [1.807, 2.05) is 19.1 Å². The average Bonchev–Trinajstić information content (AvgIpc) is 2.45. The molecule has 0 spiro atoms. The van der Waals surface area contributed by atoms with E-state index in [2.05, 4.69) is 20.6 Å². The zero-order chi connectivity index (χ0) is 13.8. The molecule has 6 heteroatoms. The average molecular weight is 266 g/mol. The number of hydrogen-bond acceptors (Lipinski definition) is 4. The highest BCUT2D eigenvalue weighted by Gasteiger charge is 1.97. The third-order valence-electron chi connectivity index (χ3n) is 2.21. The van der Waals surface area contributed by atoms with E-state index >= 15 is 0 Å². The summed E-state index contributed by atoms with van der Waals surface area (Å²) >= 11 is 0. The van der Waals surface area contributed by atoms with Crippen molar-refractivity contribution in [3.8, 4) is 5.75 Å². The van der Waals surface area contributed by atoms with Crippen LogP contribution in [0, 0.1) is 0 Å². The summed E-state index contributed by atoms with van der Waals surface area (Å²) in [5, 5.41) is 6.34. The smallest absolute Gasteiger partial charge is 0.191 e. The molecule has 0 radical (unpaired) electrons. The van der Waals surface area contributed by atoms with Crippen LogP contribution in [0.5, 0.6) is 5.75 Å². The van der Waals surface area contributed by atoms with Gasteiger partial charge in [-0.2, -0.15) is 0 Å². The molecule has 0 fully saturated rings. The summed E-state index contributed by atoms with van der Waals surface area (Å²) in [6.45, 7) is 5.33. The van der Waals surface area contributed by atoms with Crippen molar-refractivity contribution < 1.29 is 9.47 Å². The Balaban J connectivity index is 2.22. The van der Waals surface area contributed by atoms with Gasteiger partial charge in [0.05, 0.1) is 25.9 Å². The molecule has 0 aromatic carbocycles. The molecule has 19 heavy (non-hydrogen) atoms. The van der Waals surface area contributed by atoms with Crippen molar-refractivity contribution in [2.75, 3.05) is 40.0 Å². The van der Waals surface area contributed by atoms with Crippen LogP contribution in [0.4, 0.5) is 0 Å². The second-order valence-corrected chi connectivity index (χ2v) is 3.72. The Labute approximate surface area is 114 Å². The first-order valence-electron chi connectivity index (χ1n) is 6.40. The number of guanidine groups is 1. The lowest BCUT2D eigenvalue weighted by molar-refractivity contribution is 0.208. The molecule has 1 rings (SSSR count). The standard InChI is InChI=1S/C13H22N4O2/c1-3-15-13(16-7-9-18-2)17-8-10-19-12-5-4-6-14-11-12/h4-6,11H,3,7-10H2,1-2H3,(H2,15,16,17). The van der Waals surface area contributed by atoms with Crippen LogP contribution in [0.2, 0.25) is 0 Å². The van der Waals surface area contributed by atoms with E-state index < -0.39 is 0 Å². The van der Waals surface area contributed by atoms with Gasteiger partial charge < -0.3 is 20.1 Å². The summed E-state index contributed by atoms with van der Waals surface area (Å²) in [6, 6.07) is 3.73. The van der Waals surface area contributed by atoms with Gasteiger partial charge in [0.1, 0.15) is 12.4 Å². The van der Waals surface area contributed by atoms with Gasteiger partial charge in [-0.3, -0.25) is 9.98 Å². The van der Waals surface area contributed by atoms with Gasteiger partial charge >= 0.3 is 0 Å². The molecule has 0 aliphatic rings. The number of aromatic nitrogens is 1. The Bertz CT molecular complexity index is 357. The number of aliphatic imine (C=N–C) groups is 1. The lowest BCUT2D eigenvalue weighted by Gasteiger charge is -2.11. The molecule has 0 unspecified atom stereocenters. The minimum Gasteiger partial charge on any atom is -0.490 e. The minimum absolute atomic E-state index is 0.556. The molecule has 0 atom stereocenters. The summed E-state index contributed by atoms with van der Waals surface area (Å²) in [4.78, 5) is 8.33. The van der Waals surface area contributed by atoms with Gasteiger partial charge in [-0.25, -0.2) is 0 Å². The van der Waals surface area contributed by atoms with Crippen LogP contribution in [-0.2, 0) is 4.74 Å². The predicted octanol–water partition coefficient (Wildman–Crippen LogP) is 0.662. The van der Waals surface area contributed by atoms with Crippen LogP contribution >= 0.6 is 0 Å². The number of methoxy groups -OCH3 is 1. The summed E-state index contributed by atoms with van der Waals surface area (Å²) in [7, 11) is 1.66. The number of ether oxygens (including phenoxy) is 2. The maximum absolute atomic E-state index is 5.53. The first-order valence-corrected chi connectivity index (χ1v) is 6.40. The zero-order valence-corrected chi connectivity index (χ0v) is 11.6. The molecule has 106 valence electrons. The summed E-state index contributed by atoms with van der Waals surface area (Å²) in [5.74, 6) is 1.54. The molecular formula is C13H22N4O2. The van der Waals surface area contributed by atoms with Crippen LogP contribution in [0.1, 0.15) is 6.92 Å². The minimum atomic E-state index is 0.556. The molecule has 1 heterocycles. The molecule has 0 bridgehead atoms. The van der Waals surface area contributed by atoms with Crippen LogP contribution in [0.25, 0.3) is 0 Å². The molecule has 0 saturated carbocycles. The number of nitrogens with zero attached hydrogens (tertiary/aromatic N) is 2. The Morgan fingerprint density at radius 1 is 1.37 bits per heavy atom. The second-order valence-electron chi connectivity index (χ2n) is 3.72. The number of pyridine rings is 1. The van der Waals surface area contributed by atoms with Crippen molar-refractivity contribution in [1.82, 2.24) is 15.6 Å². The molecule has 1 aromatic rings. The summed E-state index contributed by atoms with van der Waals surface area (Å²) < 4.78 is 10.5. The normalized spacial score (nSPS) is 11.2. The molecule has 0 aliphatic heterocycles. The Hall–Kier alpha value is -1.82. The lowest BCUT2D eigenvalue weighted by atomic mass is 10.5. The van der Waals surface area contributed by atoms with E-state index in [9.17, 15) is 0 Å². The van der Waals surface area contributed by atoms with E-state index in [0.29, 0.717) is 26.3 Å². The van der Waals surface area contributed by atoms with Crippen molar-refractivity contribution in [2.45, 2.75) is 6.92 Å². The number of nitrogens with one attached hydrogen (secondary N) is 2. The first kappa shape index (κ1) is 15.2. The van der Waals surface area contributed by atoms with Crippen molar-refractivity contribution >= 4 is 5.96 Å². The summed E-state index contributed by atoms with van der Waals surface area (Å²) in [6.07, 6.45) is 3.41. The van der Waals surface area contributed by atoms with Gasteiger partial charge in [0.15, 0.2) is 5.96 Å². The van der Waals surface area contributed by atoms with Crippen molar-refractivity contribution in [3.63, 3.8) is 0 Å². The third-order valence-corrected chi connectivity index (χ3v) is 2.21. The number of rotatable bonds is 8. The second kappa shape index (κ2) is 10.1. The van der Waals surface area contributed by atoms with Crippen molar-refractivity contribution in [3.05, 3.63) is 24.5 Å². The quantitative estimate of drug-likeness (QED) is 0.411. The van der Waals surface area contributed by atoms with Gasteiger partial charge in [-0.15, -0.1) is 0 Å². The van der Waals surface area contributed by atoms with E-state index in [4.69, 9.17) is 9.47 Å². The summed E-state index contributed by atoms with van der Waals surface area (Å²) in [5.41, 5.74) is 0. The van der Waals surface area contributed by atoms with Gasteiger partial charge in [0.2, 0.25) is 0 Å². The highest BCUT2D eigenvalue weighted by molar-refractivity contribution is 5.79. The molecule has 6 nitrogen and oxygen atoms in total. The van der Waals surface area contributed by atoms with Crippen molar-refractivity contribution in [1.29, 1.82) is 0 Å². The molecule has 0 saturated heterocycles. The maximum atomic E-state index is 5.53. The maximum Gasteiger partial charge on any atom is 0.191 e. The van der Waals surface area contributed by atoms with Gasteiger partial charge in [0.25, 0.3) is 0 Å².